The molecule has 0 aliphatic heterocycles. The first kappa shape index (κ1) is 14.8. The smallest absolute Gasteiger partial charge is 0.121 e. The van der Waals surface area contributed by atoms with Gasteiger partial charge in [0.25, 0.3) is 0 Å². The molecule has 0 fully saturated rings. The Kier molecular flexibility index (Phi) is 4.93. The second kappa shape index (κ2) is 6.68. The number of fused-ring (bicyclic) bond motifs is 1. The van der Waals surface area contributed by atoms with Gasteiger partial charge in [0, 0.05) is 23.2 Å². The van der Waals surface area contributed by atoms with Gasteiger partial charge in [0.05, 0.1) is 18.7 Å². The van der Waals surface area contributed by atoms with Crippen molar-refractivity contribution in [1.82, 2.24) is 10.3 Å². The highest BCUT2D eigenvalue weighted by Gasteiger charge is 2.19. The lowest BCUT2D eigenvalue weighted by atomic mass is 9.97. The molecule has 2 aromatic rings. The Labute approximate surface area is 119 Å². The van der Waals surface area contributed by atoms with Gasteiger partial charge in [0.15, 0.2) is 0 Å². The van der Waals surface area contributed by atoms with Crippen LogP contribution in [0.2, 0.25) is 0 Å². The van der Waals surface area contributed by atoms with Crippen LogP contribution < -0.4 is 10.1 Å². The molecule has 1 aromatic heterocycles. The van der Waals surface area contributed by atoms with Crippen LogP contribution in [0.1, 0.15) is 19.8 Å². The van der Waals surface area contributed by atoms with Gasteiger partial charge < -0.3 is 15.2 Å². The van der Waals surface area contributed by atoms with Crippen LogP contribution in [0.5, 0.6) is 5.75 Å². The van der Waals surface area contributed by atoms with Gasteiger partial charge >= 0.3 is 0 Å². The molecular weight excluding hydrogens is 252 g/mol. The molecule has 1 atom stereocenters. The van der Waals surface area contributed by atoms with Crippen molar-refractivity contribution < 1.29 is 9.84 Å². The van der Waals surface area contributed by atoms with E-state index in [9.17, 15) is 5.11 Å². The van der Waals surface area contributed by atoms with E-state index in [0.717, 1.165) is 29.5 Å². The van der Waals surface area contributed by atoms with E-state index in [1.807, 2.05) is 44.3 Å². The van der Waals surface area contributed by atoms with Gasteiger partial charge in [-0.2, -0.15) is 0 Å². The average molecular weight is 274 g/mol. The maximum absolute atomic E-state index is 9.31. The fraction of sp³-hybridized carbons (Fsp3) is 0.438. The maximum Gasteiger partial charge on any atom is 0.121 e. The largest absolute Gasteiger partial charge is 0.494 e. The number of nitrogens with one attached hydrogen (secondary N) is 1. The predicted octanol–water partition coefficient (Wildman–Crippen LogP) is 2.36. The van der Waals surface area contributed by atoms with Gasteiger partial charge in [-0.25, -0.2) is 0 Å². The Morgan fingerprint density at radius 2 is 2.20 bits per heavy atom. The molecule has 2 rings (SSSR count). The lowest BCUT2D eigenvalue weighted by molar-refractivity contribution is 0.163. The maximum atomic E-state index is 9.31. The molecule has 20 heavy (non-hydrogen) atoms. The summed E-state index contributed by atoms with van der Waals surface area (Å²) in [5.74, 6) is 0.839. The minimum atomic E-state index is -0.228. The van der Waals surface area contributed by atoms with Crippen molar-refractivity contribution in [3.05, 3.63) is 36.5 Å². The topological polar surface area (TPSA) is 54.4 Å². The summed E-state index contributed by atoms with van der Waals surface area (Å²) < 4.78 is 5.75. The first-order valence-corrected chi connectivity index (χ1v) is 6.94. The number of hydrogen-bond acceptors (Lipinski definition) is 4. The Hall–Kier alpha value is -1.65. The van der Waals surface area contributed by atoms with Gasteiger partial charge in [-0.15, -0.1) is 0 Å². The molecule has 1 aromatic carbocycles. The monoisotopic (exact) mass is 274 g/mol. The number of aliphatic hydroxyl groups excluding tert-OH is 1. The number of nitrogens with zero attached hydrogens (tertiary/aromatic N) is 1. The zero-order valence-electron chi connectivity index (χ0n) is 12.1. The lowest BCUT2D eigenvalue weighted by Crippen LogP contribution is -2.43. The van der Waals surface area contributed by atoms with Crippen molar-refractivity contribution >= 4 is 10.9 Å². The number of ether oxygens (including phenoxy) is 1. The molecule has 1 unspecified atom stereocenters. The second-order valence-electron chi connectivity index (χ2n) is 5.28. The SMILES string of the molecule is CNC(C)(CO)CCCOc1ccc2cccnc2c1. The van der Waals surface area contributed by atoms with E-state index in [4.69, 9.17) is 4.74 Å². The van der Waals surface area contributed by atoms with Gasteiger partial charge in [0.2, 0.25) is 0 Å². The second-order valence-corrected chi connectivity index (χ2v) is 5.28. The lowest BCUT2D eigenvalue weighted by Gasteiger charge is -2.26. The molecule has 0 amide bonds. The molecule has 0 saturated carbocycles. The first-order valence-electron chi connectivity index (χ1n) is 6.94. The van der Waals surface area contributed by atoms with Crippen LogP contribution in [-0.2, 0) is 0 Å². The number of benzene rings is 1. The molecule has 108 valence electrons. The van der Waals surface area contributed by atoms with Crippen molar-refractivity contribution in [3.63, 3.8) is 0 Å². The van der Waals surface area contributed by atoms with Crippen LogP contribution in [0.4, 0.5) is 0 Å². The summed E-state index contributed by atoms with van der Waals surface area (Å²) in [5.41, 5.74) is 0.717. The zero-order chi connectivity index (χ0) is 14.4. The molecular formula is C16H22N2O2. The summed E-state index contributed by atoms with van der Waals surface area (Å²) >= 11 is 0. The predicted molar refractivity (Wildman–Crippen MR) is 81.0 cm³/mol. The highest BCUT2D eigenvalue weighted by atomic mass is 16.5. The average Bonchev–Trinajstić information content (AvgIpc) is 2.51. The molecule has 1 heterocycles. The third-order valence-electron chi connectivity index (χ3n) is 3.67. The van der Waals surface area contributed by atoms with E-state index >= 15 is 0 Å². The summed E-state index contributed by atoms with van der Waals surface area (Å²) in [7, 11) is 1.87. The molecule has 0 saturated heterocycles. The number of aliphatic hydroxyl groups is 1. The number of aromatic nitrogens is 1. The van der Waals surface area contributed by atoms with Crippen LogP contribution in [-0.4, -0.2) is 35.9 Å². The Balaban J connectivity index is 1.87. The van der Waals surface area contributed by atoms with E-state index in [-0.39, 0.29) is 12.1 Å². The summed E-state index contributed by atoms with van der Waals surface area (Å²) in [4.78, 5) is 4.31. The molecule has 0 bridgehead atoms. The summed E-state index contributed by atoms with van der Waals surface area (Å²) in [6, 6.07) is 9.90. The van der Waals surface area contributed by atoms with E-state index < -0.39 is 0 Å². The van der Waals surface area contributed by atoms with Gasteiger partial charge in [-0.3, -0.25) is 4.98 Å². The normalized spacial score (nSPS) is 14.2. The Morgan fingerprint density at radius 3 is 2.95 bits per heavy atom. The Bertz CT molecular complexity index is 553. The van der Waals surface area contributed by atoms with Crippen LogP contribution in [0.25, 0.3) is 10.9 Å². The fourth-order valence-electron chi connectivity index (χ4n) is 2.07. The number of likely N-dealkylation sites (N-methyl/N-ethyl adjacent to an activating group) is 1. The van der Waals surface area contributed by atoms with Crippen LogP contribution in [0.3, 0.4) is 0 Å². The molecule has 4 heteroatoms. The highest BCUT2D eigenvalue weighted by Crippen LogP contribution is 2.19. The van der Waals surface area contributed by atoms with Crippen LogP contribution in [0.15, 0.2) is 36.5 Å². The van der Waals surface area contributed by atoms with Crippen molar-refractivity contribution in [3.8, 4) is 5.75 Å². The Morgan fingerprint density at radius 1 is 1.35 bits per heavy atom. The van der Waals surface area contributed by atoms with Gasteiger partial charge in [-0.05, 0) is 45.0 Å². The minimum absolute atomic E-state index is 0.128. The molecule has 0 aliphatic rings. The van der Waals surface area contributed by atoms with E-state index in [2.05, 4.69) is 10.3 Å². The number of pyridine rings is 1. The summed E-state index contributed by atoms with van der Waals surface area (Å²) in [5, 5.41) is 13.6. The quantitative estimate of drug-likeness (QED) is 0.761. The van der Waals surface area contributed by atoms with Crippen molar-refractivity contribution in [1.29, 1.82) is 0 Å². The van der Waals surface area contributed by atoms with Gasteiger partial charge in [-0.1, -0.05) is 6.07 Å². The zero-order valence-corrected chi connectivity index (χ0v) is 12.1. The summed E-state index contributed by atoms with van der Waals surface area (Å²) in [6.45, 7) is 2.77. The number of rotatable bonds is 7. The van der Waals surface area contributed by atoms with Crippen LogP contribution in [0, 0.1) is 0 Å². The molecule has 0 spiro atoms. The third-order valence-corrected chi connectivity index (χ3v) is 3.67. The van der Waals surface area contributed by atoms with Crippen LogP contribution >= 0.6 is 0 Å². The first-order chi connectivity index (χ1) is 9.67. The molecule has 2 N–H and O–H groups in total. The third kappa shape index (κ3) is 3.68. The van der Waals surface area contributed by atoms with E-state index in [0.29, 0.717) is 6.61 Å². The fourth-order valence-corrected chi connectivity index (χ4v) is 2.07. The van der Waals surface area contributed by atoms with Crippen molar-refractivity contribution in [2.45, 2.75) is 25.3 Å². The van der Waals surface area contributed by atoms with Crippen molar-refractivity contribution in [2.75, 3.05) is 20.3 Å². The minimum Gasteiger partial charge on any atom is -0.494 e. The molecule has 0 radical (unpaired) electrons. The number of hydrogen-bond donors (Lipinski definition) is 2. The standard InChI is InChI=1S/C16H22N2O2/c1-16(12-19,17-2)8-4-10-20-14-7-6-13-5-3-9-18-15(13)11-14/h3,5-7,9,11,17,19H,4,8,10,12H2,1-2H3. The highest BCUT2D eigenvalue weighted by molar-refractivity contribution is 5.79. The van der Waals surface area contributed by atoms with Crippen molar-refractivity contribution in [2.24, 2.45) is 0 Å². The van der Waals surface area contributed by atoms with E-state index in [1.165, 1.54) is 0 Å². The molecule has 0 aliphatic carbocycles. The van der Waals surface area contributed by atoms with Gasteiger partial charge in [0.1, 0.15) is 5.75 Å². The molecule has 4 nitrogen and oxygen atoms in total. The van der Waals surface area contributed by atoms with E-state index in [1.54, 1.807) is 6.20 Å². The summed E-state index contributed by atoms with van der Waals surface area (Å²) in [6.07, 6.45) is 3.54.